The van der Waals surface area contributed by atoms with Gasteiger partial charge in [-0.15, -0.1) is 0 Å². The molecule has 10 heteroatoms. The van der Waals surface area contributed by atoms with E-state index in [4.69, 9.17) is 20.8 Å². The summed E-state index contributed by atoms with van der Waals surface area (Å²) in [7, 11) is 0. The Balaban J connectivity index is 1.45. The van der Waals surface area contributed by atoms with Gasteiger partial charge >= 0.3 is 6.03 Å². The van der Waals surface area contributed by atoms with E-state index in [9.17, 15) is 14.4 Å². The number of furan rings is 1. The molecule has 0 unspecified atom stereocenters. The van der Waals surface area contributed by atoms with Gasteiger partial charge in [-0.2, -0.15) is 0 Å². The van der Waals surface area contributed by atoms with E-state index in [-0.39, 0.29) is 12.1 Å². The topological polar surface area (TPSA) is 93.8 Å². The molecule has 182 valence electrons. The number of nitrogens with one attached hydrogen (secondary N) is 1. The van der Waals surface area contributed by atoms with Crippen molar-refractivity contribution in [2.45, 2.75) is 13.1 Å². The van der Waals surface area contributed by atoms with Crippen molar-refractivity contribution in [1.82, 2.24) is 14.8 Å². The van der Waals surface area contributed by atoms with E-state index in [1.54, 1.807) is 24.3 Å². The Morgan fingerprint density at radius 1 is 1.08 bits per heavy atom. The lowest BCUT2D eigenvalue weighted by molar-refractivity contribution is -0.130. The van der Waals surface area contributed by atoms with E-state index in [1.807, 2.05) is 41.1 Å². The zero-order chi connectivity index (χ0) is 25.2. The molecule has 0 radical (unpaired) electrons. The number of rotatable bonds is 7. The van der Waals surface area contributed by atoms with Gasteiger partial charge in [0.2, 0.25) is 0 Å². The van der Waals surface area contributed by atoms with Gasteiger partial charge in [-0.25, -0.2) is 4.79 Å². The summed E-state index contributed by atoms with van der Waals surface area (Å²) in [6.45, 7) is 0.759. The monoisotopic (exact) mass is 567 g/mol. The molecule has 36 heavy (non-hydrogen) atoms. The Labute approximate surface area is 219 Å². The largest absolute Gasteiger partial charge is 0.490 e. The summed E-state index contributed by atoms with van der Waals surface area (Å²) in [5.74, 6) is -0.436. The van der Waals surface area contributed by atoms with Crippen LogP contribution in [0, 0.1) is 0 Å². The molecule has 4 amide bonds. The molecule has 0 bridgehead atoms. The molecule has 2 aromatic carbocycles. The highest BCUT2D eigenvalue weighted by atomic mass is 79.9. The summed E-state index contributed by atoms with van der Waals surface area (Å²) in [5.41, 5.74) is 1.39. The molecule has 0 aliphatic carbocycles. The first-order valence-electron chi connectivity index (χ1n) is 11.0. The molecule has 0 saturated carbocycles. The Kier molecular flexibility index (Phi) is 6.67. The third kappa shape index (κ3) is 4.80. The van der Waals surface area contributed by atoms with E-state index in [2.05, 4.69) is 21.2 Å². The third-order valence-electron chi connectivity index (χ3n) is 5.68. The van der Waals surface area contributed by atoms with Crippen LogP contribution < -0.4 is 10.1 Å². The molecule has 1 aliphatic rings. The van der Waals surface area contributed by atoms with Crippen LogP contribution >= 0.6 is 27.5 Å². The van der Waals surface area contributed by atoms with Gasteiger partial charge in [-0.05, 0) is 48.5 Å². The molecule has 5 rings (SSSR count). The van der Waals surface area contributed by atoms with E-state index in [0.29, 0.717) is 35.2 Å². The highest BCUT2D eigenvalue weighted by Crippen LogP contribution is 2.29. The van der Waals surface area contributed by atoms with Gasteiger partial charge in [0.15, 0.2) is 0 Å². The van der Waals surface area contributed by atoms with Crippen molar-refractivity contribution in [3.8, 4) is 5.75 Å². The number of aromatic nitrogens is 1. The molecule has 0 atom stereocenters. The summed E-state index contributed by atoms with van der Waals surface area (Å²) < 4.78 is 13.9. The van der Waals surface area contributed by atoms with Gasteiger partial charge in [0.25, 0.3) is 11.8 Å². The second-order valence-corrected chi connectivity index (χ2v) is 9.33. The van der Waals surface area contributed by atoms with Gasteiger partial charge in [0, 0.05) is 27.1 Å². The molecule has 1 saturated heterocycles. The third-order valence-corrected chi connectivity index (χ3v) is 6.49. The number of nitrogens with zero attached hydrogens (tertiary/aromatic N) is 2. The molecule has 4 aromatic rings. The Bertz CT molecular complexity index is 1510. The van der Waals surface area contributed by atoms with Gasteiger partial charge in [-0.3, -0.25) is 19.8 Å². The zero-order valence-corrected chi connectivity index (χ0v) is 21.1. The van der Waals surface area contributed by atoms with Crippen LogP contribution in [0.2, 0.25) is 5.02 Å². The number of barbiturate groups is 1. The van der Waals surface area contributed by atoms with E-state index in [1.165, 1.54) is 12.3 Å². The predicted molar refractivity (Wildman–Crippen MR) is 137 cm³/mol. The zero-order valence-electron chi connectivity index (χ0n) is 18.7. The highest BCUT2D eigenvalue weighted by Gasteiger charge is 2.36. The predicted octanol–water partition coefficient (Wildman–Crippen LogP) is 5.39. The van der Waals surface area contributed by atoms with Crippen molar-refractivity contribution in [1.29, 1.82) is 0 Å². The van der Waals surface area contributed by atoms with E-state index in [0.717, 1.165) is 20.3 Å². The van der Waals surface area contributed by atoms with Gasteiger partial charge in [-0.1, -0.05) is 39.7 Å². The minimum Gasteiger partial charge on any atom is -0.490 e. The second kappa shape index (κ2) is 10.0. The first-order chi connectivity index (χ1) is 17.4. The van der Waals surface area contributed by atoms with Crippen molar-refractivity contribution >= 4 is 62.4 Å². The fourth-order valence-corrected chi connectivity index (χ4v) is 4.52. The smallest absolute Gasteiger partial charge is 0.331 e. The fraction of sp³-hybridized carbons (Fsp3) is 0.115. The van der Waals surface area contributed by atoms with Crippen LogP contribution in [0.1, 0.15) is 11.3 Å². The highest BCUT2D eigenvalue weighted by molar-refractivity contribution is 9.10. The number of carbonyl (C=O) groups excluding carboxylic acids is 3. The Morgan fingerprint density at radius 2 is 1.92 bits per heavy atom. The second-order valence-electron chi connectivity index (χ2n) is 8.01. The first-order valence-corrected chi connectivity index (χ1v) is 12.1. The minimum atomic E-state index is -0.791. The van der Waals surface area contributed by atoms with Crippen LogP contribution in [0.15, 0.2) is 81.5 Å². The maximum Gasteiger partial charge on any atom is 0.331 e. The molecule has 1 N–H and O–H groups in total. The summed E-state index contributed by atoms with van der Waals surface area (Å²) >= 11 is 9.66. The Morgan fingerprint density at radius 3 is 2.69 bits per heavy atom. The average Bonchev–Trinajstić information content (AvgIpc) is 3.48. The van der Waals surface area contributed by atoms with Crippen molar-refractivity contribution in [3.05, 3.63) is 93.4 Å². The van der Waals surface area contributed by atoms with Crippen LogP contribution in [0.25, 0.3) is 17.0 Å². The maximum absolute atomic E-state index is 13.1. The normalized spacial score (nSPS) is 15.1. The summed E-state index contributed by atoms with van der Waals surface area (Å²) in [6.07, 6.45) is 4.79. The van der Waals surface area contributed by atoms with Crippen molar-refractivity contribution in [3.63, 3.8) is 0 Å². The van der Waals surface area contributed by atoms with Crippen LogP contribution in [0.5, 0.6) is 5.75 Å². The number of urea groups is 1. The summed E-state index contributed by atoms with van der Waals surface area (Å²) in [6, 6.07) is 15.5. The van der Waals surface area contributed by atoms with Gasteiger partial charge in [0.1, 0.15) is 23.7 Å². The molecular formula is C26H19BrClN3O5. The van der Waals surface area contributed by atoms with Gasteiger partial charge < -0.3 is 13.7 Å². The average molecular weight is 569 g/mol. The standard InChI is InChI=1S/C26H19BrClN3O5/c27-17-7-8-22-19(13-17)16(14-30(22)9-11-36-23-6-2-1-5-21(23)28)12-20-24(32)29-26(34)31(25(20)33)15-18-4-3-10-35-18/h1-8,10,12-14H,9,11,15H2,(H,29,32,34)/b20-12+. The van der Waals surface area contributed by atoms with Crippen LogP contribution in [0.4, 0.5) is 4.79 Å². The van der Waals surface area contributed by atoms with Crippen LogP contribution in [0.3, 0.4) is 0 Å². The molecule has 1 fully saturated rings. The lowest BCUT2D eigenvalue weighted by atomic mass is 10.1. The number of hydrogen-bond acceptors (Lipinski definition) is 5. The molecule has 3 heterocycles. The van der Waals surface area contributed by atoms with Crippen LogP contribution in [-0.4, -0.2) is 33.9 Å². The van der Waals surface area contributed by atoms with Gasteiger partial charge in [0.05, 0.1) is 24.4 Å². The first kappa shape index (κ1) is 23.9. The summed E-state index contributed by atoms with van der Waals surface area (Å²) in [5, 5.41) is 3.59. The fourth-order valence-electron chi connectivity index (χ4n) is 3.96. The number of hydrogen-bond donors (Lipinski definition) is 1. The molecule has 0 spiro atoms. The molecular weight excluding hydrogens is 550 g/mol. The maximum atomic E-state index is 13.1. The van der Waals surface area contributed by atoms with Crippen molar-refractivity contribution < 1.29 is 23.5 Å². The number of imide groups is 2. The summed E-state index contributed by atoms with van der Waals surface area (Å²) in [4.78, 5) is 39.0. The van der Waals surface area contributed by atoms with Crippen molar-refractivity contribution in [2.75, 3.05) is 6.61 Å². The number of fused-ring (bicyclic) bond motifs is 1. The Hall–Kier alpha value is -3.82. The minimum absolute atomic E-state index is 0.0883. The van der Waals surface area contributed by atoms with Crippen LogP contribution in [-0.2, 0) is 22.7 Å². The SMILES string of the molecule is O=C1NC(=O)N(Cc2ccco2)C(=O)/C1=C/c1cn(CCOc2ccccc2Cl)c2ccc(Br)cc12. The number of para-hydroxylation sites is 1. The quantitative estimate of drug-likeness (QED) is 0.238. The van der Waals surface area contributed by atoms with E-state index >= 15 is 0 Å². The number of benzene rings is 2. The lowest BCUT2D eigenvalue weighted by Crippen LogP contribution is -2.53. The lowest BCUT2D eigenvalue weighted by Gasteiger charge is -2.25. The van der Waals surface area contributed by atoms with E-state index < -0.39 is 17.8 Å². The molecule has 2 aromatic heterocycles. The number of carbonyl (C=O) groups is 3. The molecule has 1 aliphatic heterocycles. The number of halogens is 2. The van der Waals surface area contributed by atoms with Crippen molar-refractivity contribution in [2.24, 2.45) is 0 Å². The number of ether oxygens (including phenoxy) is 1. The number of amides is 4. The molecule has 8 nitrogen and oxygen atoms in total.